The Bertz CT molecular complexity index is 629. The Balaban J connectivity index is 2.75. The second-order valence-electron chi connectivity index (χ2n) is 8.32. The zero-order valence-corrected chi connectivity index (χ0v) is 17.1. The number of carbonyl (C=O) groups is 5. The van der Waals surface area contributed by atoms with Crippen LogP contribution >= 0.6 is 0 Å². The third-order valence-electron chi connectivity index (χ3n) is 3.22. The molecule has 1 heterocycles. The molecule has 1 saturated heterocycles. The number of nitrogens with one attached hydrogen (secondary N) is 1. The van der Waals surface area contributed by atoms with E-state index in [2.05, 4.69) is 5.32 Å². The molecule has 0 aromatic heterocycles. The maximum absolute atomic E-state index is 12.4. The van der Waals surface area contributed by atoms with Crippen molar-refractivity contribution in [1.29, 1.82) is 0 Å². The fraction of sp³-hybridized carbons (Fsp3) is 0.722. The summed E-state index contributed by atoms with van der Waals surface area (Å²) >= 11 is 0. The zero-order valence-electron chi connectivity index (χ0n) is 17.1. The average Bonchev–Trinajstić information content (AvgIpc) is 2.79. The van der Waals surface area contributed by atoms with Crippen molar-refractivity contribution >= 4 is 29.8 Å². The summed E-state index contributed by atoms with van der Waals surface area (Å²) in [6.07, 6.45) is -1.56. The van der Waals surface area contributed by atoms with E-state index in [1.165, 1.54) is 0 Å². The van der Waals surface area contributed by atoms with E-state index in [-0.39, 0.29) is 25.7 Å². The molecule has 28 heavy (non-hydrogen) atoms. The van der Waals surface area contributed by atoms with Crippen molar-refractivity contribution in [1.82, 2.24) is 10.4 Å². The van der Waals surface area contributed by atoms with Gasteiger partial charge in [-0.25, -0.2) is 9.59 Å². The summed E-state index contributed by atoms with van der Waals surface area (Å²) in [6, 6.07) is -1.23. The standard InChI is InChI=1S/C18H28N2O8/c1-17(2,3)26-14(23)10-7-11(15(24)27-18(4,5)6)19-16(25)28-20-12(21)8-9-13(20)22/h11H,7-10H2,1-6H3,(H,19,25). The van der Waals surface area contributed by atoms with Crippen molar-refractivity contribution < 1.29 is 38.3 Å². The van der Waals surface area contributed by atoms with Crippen LogP contribution in [0.25, 0.3) is 0 Å². The van der Waals surface area contributed by atoms with Gasteiger partial charge in [0.15, 0.2) is 0 Å². The molecule has 1 fully saturated rings. The van der Waals surface area contributed by atoms with Crippen LogP contribution in [0.2, 0.25) is 0 Å². The van der Waals surface area contributed by atoms with E-state index in [0.29, 0.717) is 5.06 Å². The molecule has 0 aromatic rings. The first-order valence-corrected chi connectivity index (χ1v) is 8.97. The highest BCUT2D eigenvalue weighted by Gasteiger charge is 2.35. The van der Waals surface area contributed by atoms with Crippen molar-refractivity contribution in [2.45, 2.75) is 84.5 Å². The maximum Gasteiger partial charge on any atom is 0.432 e. The second-order valence-corrected chi connectivity index (χ2v) is 8.32. The van der Waals surface area contributed by atoms with Gasteiger partial charge in [0.1, 0.15) is 17.2 Å². The highest BCUT2D eigenvalue weighted by Crippen LogP contribution is 2.15. The van der Waals surface area contributed by atoms with Gasteiger partial charge in [-0.1, -0.05) is 0 Å². The molecule has 1 aliphatic rings. The molecule has 1 aliphatic heterocycles. The largest absolute Gasteiger partial charge is 0.460 e. The van der Waals surface area contributed by atoms with Gasteiger partial charge in [0.25, 0.3) is 11.8 Å². The fourth-order valence-electron chi connectivity index (χ4n) is 2.19. The molecule has 10 heteroatoms. The number of imide groups is 1. The van der Waals surface area contributed by atoms with Crippen LogP contribution in [0.5, 0.6) is 0 Å². The highest BCUT2D eigenvalue weighted by atomic mass is 16.7. The van der Waals surface area contributed by atoms with Crippen LogP contribution in [0.1, 0.15) is 67.2 Å². The van der Waals surface area contributed by atoms with Crippen LogP contribution in [-0.2, 0) is 33.5 Å². The third kappa shape index (κ3) is 8.36. The number of hydroxylamine groups is 2. The van der Waals surface area contributed by atoms with Gasteiger partial charge in [0, 0.05) is 19.3 Å². The first kappa shape index (κ1) is 23.4. The smallest absolute Gasteiger partial charge is 0.432 e. The first-order valence-electron chi connectivity index (χ1n) is 8.97. The van der Waals surface area contributed by atoms with Crippen molar-refractivity contribution in [2.24, 2.45) is 0 Å². The lowest BCUT2D eigenvalue weighted by Gasteiger charge is -2.25. The van der Waals surface area contributed by atoms with Crippen LogP contribution in [-0.4, -0.2) is 52.2 Å². The molecule has 1 unspecified atom stereocenters. The van der Waals surface area contributed by atoms with Crippen molar-refractivity contribution in [3.8, 4) is 0 Å². The molecule has 158 valence electrons. The Morgan fingerprint density at radius 3 is 1.93 bits per heavy atom. The number of ether oxygens (including phenoxy) is 2. The van der Waals surface area contributed by atoms with Crippen molar-refractivity contribution in [2.75, 3.05) is 0 Å². The molecule has 0 saturated carbocycles. The summed E-state index contributed by atoms with van der Waals surface area (Å²) in [5.74, 6) is -2.64. The Labute approximate surface area is 163 Å². The van der Waals surface area contributed by atoms with E-state index < -0.39 is 47.1 Å². The maximum atomic E-state index is 12.4. The summed E-state index contributed by atoms with van der Waals surface area (Å²) in [6.45, 7) is 10.1. The number of hydrogen-bond donors (Lipinski definition) is 1. The van der Waals surface area contributed by atoms with E-state index in [1.54, 1.807) is 41.5 Å². The summed E-state index contributed by atoms with van der Waals surface area (Å²) < 4.78 is 10.4. The minimum atomic E-state index is -1.23. The Morgan fingerprint density at radius 2 is 1.46 bits per heavy atom. The molecule has 10 nitrogen and oxygen atoms in total. The Morgan fingerprint density at radius 1 is 0.964 bits per heavy atom. The monoisotopic (exact) mass is 400 g/mol. The molecule has 0 spiro atoms. The van der Waals surface area contributed by atoms with E-state index in [0.717, 1.165) is 0 Å². The molecule has 1 atom stereocenters. The minimum absolute atomic E-state index is 0.0553. The first-order chi connectivity index (χ1) is 12.7. The topological polar surface area (TPSA) is 128 Å². The van der Waals surface area contributed by atoms with E-state index in [9.17, 15) is 24.0 Å². The molecule has 1 N–H and O–H groups in total. The molecule has 0 aromatic carbocycles. The van der Waals surface area contributed by atoms with Crippen LogP contribution in [0, 0.1) is 0 Å². The molecule has 3 amide bonds. The van der Waals surface area contributed by atoms with Gasteiger partial charge in [0.2, 0.25) is 0 Å². The Hall–Kier alpha value is -2.65. The molecular formula is C18H28N2O8. The van der Waals surface area contributed by atoms with E-state index in [4.69, 9.17) is 14.3 Å². The van der Waals surface area contributed by atoms with Crippen molar-refractivity contribution in [3.05, 3.63) is 0 Å². The number of rotatable bonds is 6. The number of hydrogen-bond acceptors (Lipinski definition) is 8. The van der Waals surface area contributed by atoms with Crippen LogP contribution in [0.4, 0.5) is 4.79 Å². The van der Waals surface area contributed by atoms with Crippen LogP contribution < -0.4 is 5.32 Å². The van der Waals surface area contributed by atoms with Gasteiger partial charge < -0.3 is 19.6 Å². The predicted molar refractivity (Wildman–Crippen MR) is 95.4 cm³/mol. The van der Waals surface area contributed by atoms with Gasteiger partial charge in [-0.15, -0.1) is 5.06 Å². The molecular weight excluding hydrogens is 372 g/mol. The molecule has 0 bridgehead atoms. The SMILES string of the molecule is CC(C)(C)OC(=O)CCC(NC(=O)ON1C(=O)CCC1=O)C(=O)OC(C)(C)C. The lowest BCUT2D eigenvalue weighted by atomic mass is 10.1. The lowest BCUT2D eigenvalue weighted by molar-refractivity contribution is -0.171. The van der Waals surface area contributed by atoms with Crippen LogP contribution in [0.3, 0.4) is 0 Å². The van der Waals surface area contributed by atoms with Crippen LogP contribution in [0.15, 0.2) is 0 Å². The fourth-order valence-corrected chi connectivity index (χ4v) is 2.19. The molecule has 0 aliphatic carbocycles. The van der Waals surface area contributed by atoms with Gasteiger partial charge in [-0.2, -0.15) is 0 Å². The van der Waals surface area contributed by atoms with Gasteiger partial charge in [-0.05, 0) is 48.0 Å². The summed E-state index contributed by atoms with van der Waals surface area (Å²) in [5, 5.41) is 2.59. The second kappa shape index (κ2) is 9.03. The summed E-state index contributed by atoms with van der Waals surface area (Å²) in [7, 11) is 0. The lowest BCUT2D eigenvalue weighted by Crippen LogP contribution is -2.47. The third-order valence-corrected chi connectivity index (χ3v) is 3.22. The quantitative estimate of drug-likeness (QED) is 0.526. The number of amides is 3. The molecule has 1 rings (SSSR count). The average molecular weight is 400 g/mol. The highest BCUT2D eigenvalue weighted by molar-refractivity contribution is 6.01. The molecule has 0 radical (unpaired) electrons. The van der Waals surface area contributed by atoms with E-state index in [1.807, 2.05) is 0 Å². The van der Waals surface area contributed by atoms with E-state index >= 15 is 0 Å². The zero-order chi connectivity index (χ0) is 21.7. The minimum Gasteiger partial charge on any atom is -0.460 e. The summed E-state index contributed by atoms with van der Waals surface area (Å²) in [4.78, 5) is 64.1. The predicted octanol–water partition coefficient (Wildman–Crippen LogP) is 1.61. The van der Waals surface area contributed by atoms with Crippen molar-refractivity contribution in [3.63, 3.8) is 0 Å². The number of nitrogens with zero attached hydrogens (tertiary/aromatic N) is 1. The Kier molecular flexibility index (Phi) is 7.54. The van der Waals surface area contributed by atoms with Gasteiger partial charge >= 0.3 is 18.0 Å². The van der Waals surface area contributed by atoms with Gasteiger partial charge in [0.05, 0.1) is 0 Å². The number of carbonyl (C=O) groups excluding carboxylic acids is 5. The van der Waals surface area contributed by atoms with Gasteiger partial charge in [-0.3, -0.25) is 14.4 Å². The number of esters is 2. The normalized spacial score (nSPS) is 15.9. The summed E-state index contributed by atoms with van der Waals surface area (Å²) in [5.41, 5.74) is -1.52.